The molecule has 2 aromatic rings. The molecule has 0 spiro atoms. The van der Waals surface area contributed by atoms with Crippen molar-refractivity contribution in [3.8, 4) is 0 Å². The Bertz CT molecular complexity index is 490. The molecule has 2 N–H and O–H groups in total. The van der Waals surface area contributed by atoms with Crippen LogP contribution < -0.4 is 5.32 Å². The summed E-state index contributed by atoms with van der Waals surface area (Å²) < 4.78 is 5.59. The first-order valence-corrected chi connectivity index (χ1v) is 7.11. The highest BCUT2D eigenvalue weighted by Gasteiger charge is 2.00. The molecule has 0 radical (unpaired) electrons. The van der Waals surface area contributed by atoms with Crippen molar-refractivity contribution in [1.82, 2.24) is 10.3 Å². The standard InChI is InChI=1S/C16H24N2O/c1-13(2)7-10-19-11-9-17-12-14-4-3-5-16-15(14)6-8-18-16/h3-6,8,13,17-18H,7,9-12H2,1-2H3. The van der Waals surface area contributed by atoms with Crippen LogP contribution in [-0.4, -0.2) is 24.7 Å². The van der Waals surface area contributed by atoms with Crippen LogP contribution in [0.25, 0.3) is 10.9 Å². The topological polar surface area (TPSA) is 37.0 Å². The van der Waals surface area contributed by atoms with Gasteiger partial charge in [0, 0.05) is 36.8 Å². The Labute approximate surface area is 115 Å². The normalized spacial score (nSPS) is 11.5. The van der Waals surface area contributed by atoms with E-state index >= 15 is 0 Å². The van der Waals surface area contributed by atoms with E-state index in [1.807, 2.05) is 6.20 Å². The Balaban J connectivity index is 1.67. The van der Waals surface area contributed by atoms with Gasteiger partial charge in [-0.2, -0.15) is 0 Å². The van der Waals surface area contributed by atoms with Crippen molar-refractivity contribution in [3.63, 3.8) is 0 Å². The van der Waals surface area contributed by atoms with Crippen LogP contribution in [0.4, 0.5) is 0 Å². The monoisotopic (exact) mass is 260 g/mol. The lowest BCUT2D eigenvalue weighted by Crippen LogP contribution is -2.19. The Hall–Kier alpha value is -1.32. The zero-order chi connectivity index (χ0) is 13.5. The Morgan fingerprint density at radius 3 is 2.95 bits per heavy atom. The number of rotatable bonds is 8. The number of aromatic amines is 1. The minimum Gasteiger partial charge on any atom is -0.380 e. The molecule has 1 heterocycles. The molecule has 0 saturated heterocycles. The van der Waals surface area contributed by atoms with Crippen molar-refractivity contribution in [2.45, 2.75) is 26.8 Å². The smallest absolute Gasteiger partial charge is 0.0591 e. The summed E-state index contributed by atoms with van der Waals surface area (Å²) >= 11 is 0. The highest BCUT2D eigenvalue weighted by molar-refractivity contribution is 5.82. The third-order valence-electron chi connectivity index (χ3n) is 3.26. The first-order valence-electron chi connectivity index (χ1n) is 7.11. The number of hydrogen-bond donors (Lipinski definition) is 2. The van der Waals surface area contributed by atoms with E-state index in [-0.39, 0.29) is 0 Å². The van der Waals surface area contributed by atoms with Crippen molar-refractivity contribution in [3.05, 3.63) is 36.0 Å². The number of H-pyrrole nitrogens is 1. The molecular formula is C16H24N2O. The summed E-state index contributed by atoms with van der Waals surface area (Å²) in [5.74, 6) is 0.721. The molecule has 0 bridgehead atoms. The summed E-state index contributed by atoms with van der Waals surface area (Å²) in [7, 11) is 0. The summed E-state index contributed by atoms with van der Waals surface area (Å²) in [6.45, 7) is 7.89. The molecule has 3 heteroatoms. The molecule has 0 aliphatic heterocycles. The van der Waals surface area contributed by atoms with Crippen LogP contribution in [0.2, 0.25) is 0 Å². The number of hydrogen-bond acceptors (Lipinski definition) is 2. The van der Waals surface area contributed by atoms with E-state index in [0.717, 1.165) is 38.6 Å². The molecule has 0 saturated carbocycles. The molecule has 0 unspecified atom stereocenters. The van der Waals surface area contributed by atoms with Crippen molar-refractivity contribution in [2.75, 3.05) is 19.8 Å². The average Bonchev–Trinajstić information content (AvgIpc) is 2.86. The summed E-state index contributed by atoms with van der Waals surface area (Å²) in [5, 5.41) is 4.73. The first-order chi connectivity index (χ1) is 9.27. The highest BCUT2D eigenvalue weighted by Crippen LogP contribution is 2.16. The Morgan fingerprint density at radius 2 is 2.11 bits per heavy atom. The van der Waals surface area contributed by atoms with Crippen LogP contribution in [0, 0.1) is 5.92 Å². The maximum absolute atomic E-state index is 5.59. The SMILES string of the molecule is CC(C)CCOCCNCc1cccc2[nH]ccc12. The number of nitrogens with one attached hydrogen (secondary N) is 2. The predicted octanol–water partition coefficient (Wildman–Crippen LogP) is 3.32. The van der Waals surface area contributed by atoms with Gasteiger partial charge in [-0.1, -0.05) is 26.0 Å². The molecular weight excluding hydrogens is 236 g/mol. The fourth-order valence-electron chi connectivity index (χ4n) is 2.09. The van der Waals surface area contributed by atoms with E-state index in [1.165, 1.54) is 16.5 Å². The average molecular weight is 260 g/mol. The molecule has 1 aromatic carbocycles. The third-order valence-corrected chi connectivity index (χ3v) is 3.26. The van der Waals surface area contributed by atoms with Gasteiger partial charge in [-0.15, -0.1) is 0 Å². The lowest BCUT2D eigenvalue weighted by Gasteiger charge is -2.08. The maximum atomic E-state index is 5.59. The second-order valence-electron chi connectivity index (χ2n) is 5.33. The van der Waals surface area contributed by atoms with Crippen molar-refractivity contribution < 1.29 is 4.74 Å². The third kappa shape index (κ3) is 4.37. The molecule has 1 aromatic heterocycles. The molecule has 0 aliphatic rings. The minimum absolute atomic E-state index is 0.721. The van der Waals surface area contributed by atoms with Crippen molar-refractivity contribution in [2.24, 2.45) is 5.92 Å². The molecule has 2 rings (SSSR count). The van der Waals surface area contributed by atoms with Gasteiger partial charge in [0.15, 0.2) is 0 Å². The zero-order valence-corrected chi connectivity index (χ0v) is 11.9. The lowest BCUT2D eigenvalue weighted by atomic mass is 10.1. The van der Waals surface area contributed by atoms with Gasteiger partial charge in [0.05, 0.1) is 6.61 Å². The summed E-state index contributed by atoms with van der Waals surface area (Å²) in [6.07, 6.45) is 3.13. The van der Waals surface area contributed by atoms with Crippen LogP contribution in [0.1, 0.15) is 25.8 Å². The number of benzene rings is 1. The lowest BCUT2D eigenvalue weighted by molar-refractivity contribution is 0.125. The van der Waals surface area contributed by atoms with Gasteiger partial charge in [-0.3, -0.25) is 0 Å². The zero-order valence-electron chi connectivity index (χ0n) is 11.9. The van der Waals surface area contributed by atoms with Gasteiger partial charge >= 0.3 is 0 Å². The largest absolute Gasteiger partial charge is 0.380 e. The summed E-state index contributed by atoms with van der Waals surface area (Å²) in [6, 6.07) is 8.50. The minimum atomic E-state index is 0.721. The van der Waals surface area contributed by atoms with E-state index in [0.29, 0.717) is 0 Å². The summed E-state index contributed by atoms with van der Waals surface area (Å²) in [5.41, 5.74) is 2.54. The van der Waals surface area contributed by atoms with Gasteiger partial charge in [-0.05, 0) is 30.0 Å². The van der Waals surface area contributed by atoms with E-state index < -0.39 is 0 Å². The molecule has 0 amide bonds. The van der Waals surface area contributed by atoms with Crippen LogP contribution in [0.5, 0.6) is 0 Å². The molecule has 0 aliphatic carbocycles. The van der Waals surface area contributed by atoms with Gasteiger partial charge in [0.1, 0.15) is 0 Å². The highest BCUT2D eigenvalue weighted by atomic mass is 16.5. The van der Waals surface area contributed by atoms with Gasteiger partial charge in [0.2, 0.25) is 0 Å². The Kier molecular flexibility index (Phi) is 5.43. The van der Waals surface area contributed by atoms with Gasteiger partial charge in [0.25, 0.3) is 0 Å². The van der Waals surface area contributed by atoms with Crippen LogP contribution in [0.15, 0.2) is 30.5 Å². The number of fused-ring (bicyclic) bond motifs is 1. The summed E-state index contributed by atoms with van der Waals surface area (Å²) in [4.78, 5) is 3.24. The van der Waals surface area contributed by atoms with Crippen molar-refractivity contribution in [1.29, 1.82) is 0 Å². The van der Waals surface area contributed by atoms with E-state index in [4.69, 9.17) is 4.74 Å². The first kappa shape index (κ1) is 14.1. The molecule has 19 heavy (non-hydrogen) atoms. The quantitative estimate of drug-likeness (QED) is 0.714. The predicted molar refractivity (Wildman–Crippen MR) is 80.3 cm³/mol. The van der Waals surface area contributed by atoms with Crippen molar-refractivity contribution >= 4 is 10.9 Å². The van der Waals surface area contributed by atoms with Gasteiger partial charge < -0.3 is 15.0 Å². The second kappa shape index (κ2) is 7.31. The fourth-order valence-corrected chi connectivity index (χ4v) is 2.09. The van der Waals surface area contributed by atoms with Crippen LogP contribution in [-0.2, 0) is 11.3 Å². The van der Waals surface area contributed by atoms with E-state index in [1.54, 1.807) is 0 Å². The Morgan fingerprint density at radius 1 is 1.21 bits per heavy atom. The fraction of sp³-hybridized carbons (Fsp3) is 0.500. The van der Waals surface area contributed by atoms with E-state index in [9.17, 15) is 0 Å². The van der Waals surface area contributed by atoms with E-state index in [2.05, 4.69) is 48.4 Å². The van der Waals surface area contributed by atoms with Crippen LogP contribution >= 0.6 is 0 Å². The molecule has 104 valence electrons. The van der Waals surface area contributed by atoms with Gasteiger partial charge in [-0.25, -0.2) is 0 Å². The molecule has 0 fully saturated rings. The van der Waals surface area contributed by atoms with Crippen LogP contribution in [0.3, 0.4) is 0 Å². The maximum Gasteiger partial charge on any atom is 0.0591 e. The molecule has 0 atom stereocenters. The number of aromatic nitrogens is 1. The molecule has 3 nitrogen and oxygen atoms in total. The second-order valence-corrected chi connectivity index (χ2v) is 5.33. The number of ether oxygens (including phenoxy) is 1.